The number of thiazole rings is 1. The predicted molar refractivity (Wildman–Crippen MR) is 95.5 cm³/mol. The second kappa shape index (κ2) is 6.81. The van der Waals surface area contributed by atoms with Crippen LogP contribution in [0.3, 0.4) is 0 Å². The van der Waals surface area contributed by atoms with Crippen molar-refractivity contribution in [2.75, 3.05) is 6.61 Å². The van der Waals surface area contributed by atoms with Crippen molar-refractivity contribution in [3.8, 4) is 5.75 Å². The molecule has 24 heavy (non-hydrogen) atoms. The van der Waals surface area contributed by atoms with Gasteiger partial charge in [0.1, 0.15) is 10.8 Å². The lowest BCUT2D eigenvalue weighted by Gasteiger charge is -2.26. The van der Waals surface area contributed by atoms with Crippen LogP contribution in [0.4, 0.5) is 4.79 Å². The Morgan fingerprint density at radius 3 is 2.92 bits per heavy atom. The molecule has 1 atom stereocenters. The van der Waals surface area contributed by atoms with Crippen LogP contribution in [0.15, 0.2) is 30.5 Å². The second-order valence-corrected chi connectivity index (χ2v) is 7.82. The minimum Gasteiger partial charge on any atom is -0.493 e. The Morgan fingerprint density at radius 1 is 1.38 bits per heavy atom. The van der Waals surface area contributed by atoms with Gasteiger partial charge in [0.05, 0.1) is 18.2 Å². The van der Waals surface area contributed by atoms with Crippen molar-refractivity contribution in [3.63, 3.8) is 0 Å². The summed E-state index contributed by atoms with van der Waals surface area (Å²) in [6.07, 6.45) is 3.61. The van der Waals surface area contributed by atoms with Gasteiger partial charge in [0.25, 0.3) is 0 Å². The van der Waals surface area contributed by atoms with Crippen molar-refractivity contribution < 1.29 is 9.53 Å². The Morgan fingerprint density at radius 2 is 2.17 bits per heavy atom. The third-order valence-corrected chi connectivity index (χ3v) is 5.31. The molecule has 3 rings (SSSR count). The smallest absolute Gasteiger partial charge is 0.316 e. The Hall–Kier alpha value is -2.08. The Balaban J connectivity index is 1.71. The van der Waals surface area contributed by atoms with Crippen LogP contribution in [0.2, 0.25) is 0 Å². The highest BCUT2D eigenvalue weighted by Crippen LogP contribution is 2.31. The monoisotopic (exact) mass is 345 g/mol. The number of fused-ring (bicyclic) bond motifs is 1. The fourth-order valence-electron chi connectivity index (χ4n) is 2.85. The van der Waals surface area contributed by atoms with Gasteiger partial charge in [-0.2, -0.15) is 0 Å². The first kappa shape index (κ1) is 16.8. The quantitative estimate of drug-likeness (QED) is 0.887. The molecule has 0 saturated carbocycles. The molecule has 0 bridgehead atoms. The summed E-state index contributed by atoms with van der Waals surface area (Å²) in [5.74, 6) is 0.857. The van der Waals surface area contributed by atoms with E-state index in [0.29, 0.717) is 6.61 Å². The zero-order chi connectivity index (χ0) is 17.2. The molecule has 0 aliphatic carbocycles. The van der Waals surface area contributed by atoms with E-state index in [0.717, 1.165) is 34.0 Å². The molecular formula is C18H23N3O2S. The summed E-state index contributed by atoms with van der Waals surface area (Å²) in [5, 5.41) is 7.04. The molecule has 0 radical (unpaired) electrons. The van der Waals surface area contributed by atoms with Gasteiger partial charge in [0.2, 0.25) is 0 Å². The topological polar surface area (TPSA) is 63.2 Å². The number of ether oxygens (including phenoxy) is 1. The van der Waals surface area contributed by atoms with Gasteiger partial charge in [-0.25, -0.2) is 9.78 Å². The van der Waals surface area contributed by atoms with Gasteiger partial charge < -0.3 is 15.4 Å². The summed E-state index contributed by atoms with van der Waals surface area (Å²) >= 11 is 1.60. The van der Waals surface area contributed by atoms with Crippen LogP contribution in [-0.4, -0.2) is 17.6 Å². The van der Waals surface area contributed by atoms with Crippen LogP contribution < -0.4 is 15.4 Å². The Labute approximate surface area is 146 Å². The average molecular weight is 345 g/mol. The molecule has 5 nitrogen and oxygen atoms in total. The minimum absolute atomic E-state index is 0.0440. The molecule has 2 N–H and O–H groups in total. The van der Waals surface area contributed by atoms with Gasteiger partial charge in [0, 0.05) is 16.6 Å². The van der Waals surface area contributed by atoms with Gasteiger partial charge in [0.15, 0.2) is 0 Å². The van der Waals surface area contributed by atoms with Crippen LogP contribution in [0.1, 0.15) is 48.2 Å². The number of benzene rings is 1. The minimum atomic E-state index is -0.510. The van der Waals surface area contributed by atoms with Crippen LogP contribution in [0, 0.1) is 6.92 Å². The average Bonchev–Trinajstić information content (AvgIpc) is 2.88. The zero-order valence-corrected chi connectivity index (χ0v) is 15.1. The van der Waals surface area contributed by atoms with E-state index in [1.165, 1.54) is 0 Å². The summed E-state index contributed by atoms with van der Waals surface area (Å²) in [6.45, 7) is 6.63. The van der Waals surface area contributed by atoms with E-state index in [-0.39, 0.29) is 12.1 Å². The fraction of sp³-hybridized carbons (Fsp3) is 0.444. The Bertz CT molecular complexity index is 727. The van der Waals surface area contributed by atoms with Crippen LogP contribution in [0.5, 0.6) is 5.75 Å². The number of hydrogen-bond acceptors (Lipinski definition) is 4. The van der Waals surface area contributed by atoms with E-state index in [2.05, 4.69) is 15.6 Å². The fourth-order valence-corrected chi connectivity index (χ4v) is 3.67. The summed E-state index contributed by atoms with van der Waals surface area (Å²) < 4.78 is 5.75. The maximum absolute atomic E-state index is 12.5. The van der Waals surface area contributed by atoms with Crippen molar-refractivity contribution in [1.29, 1.82) is 0 Å². The molecule has 2 heterocycles. The van der Waals surface area contributed by atoms with Crippen LogP contribution in [-0.2, 0) is 5.54 Å². The highest BCUT2D eigenvalue weighted by molar-refractivity contribution is 7.11. The van der Waals surface area contributed by atoms with E-state index in [4.69, 9.17) is 4.74 Å². The van der Waals surface area contributed by atoms with Gasteiger partial charge in [-0.15, -0.1) is 11.3 Å². The lowest BCUT2D eigenvalue weighted by Crippen LogP contribution is -2.47. The first-order valence-corrected chi connectivity index (χ1v) is 9.01. The van der Waals surface area contributed by atoms with Gasteiger partial charge in [-0.3, -0.25) is 0 Å². The van der Waals surface area contributed by atoms with Crippen LogP contribution in [0.25, 0.3) is 0 Å². The molecule has 1 aromatic carbocycles. The third-order valence-electron chi connectivity index (χ3n) is 4.08. The number of aryl methyl sites for hydroxylation is 1. The lowest BCUT2D eigenvalue weighted by atomic mass is 10.0. The first-order valence-electron chi connectivity index (χ1n) is 8.19. The molecule has 0 saturated heterocycles. The Kier molecular flexibility index (Phi) is 4.76. The van der Waals surface area contributed by atoms with E-state index < -0.39 is 5.54 Å². The van der Waals surface area contributed by atoms with Crippen LogP contribution >= 0.6 is 11.3 Å². The van der Waals surface area contributed by atoms with Crippen molar-refractivity contribution in [2.45, 2.75) is 45.2 Å². The van der Waals surface area contributed by atoms with Gasteiger partial charge >= 0.3 is 6.03 Å². The number of carbonyl (C=O) groups is 1. The third kappa shape index (κ3) is 3.70. The molecule has 1 aromatic heterocycles. The number of carbonyl (C=O) groups excluding carboxylic acids is 1. The maximum atomic E-state index is 12.5. The number of rotatable bonds is 3. The van der Waals surface area contributed by atoms with E-state index >= 15 is 0 Å². The number of amides is 2. The summed E-state index contributed by atoms with van der Waals surface area (Å²) in [6, 6.07) is 7.67. The number of nitrogens with one attached hydrogen (secondary N) is 2. The van der Waals surface area contributed by atoms with Crippen molar-refractivity contribution in [3.05, 3.63) is 45.9 Å². The molecule has 2 aromatic rings. The normalized spacial score (nSPS) is 17.4. The molecular weight excluding hydrogens is 322 g/mol. The van der Waals surface area contributed by atoms with Gasteiger partial charge in [-0.1, -0.05) is 18.2 Å². The molecule has 6 heteroatoms. The standard InChI is InChI=1S/C18H23N3O2S/c1-12-11-19-16(24-12)18(2,3)21-17(22)20-14-8-6-10-23-15-9-5-4-7-13(14)15/h4-5,7,9,11,14H,6,8,10H2,1-3H3,(H2,20,21,22)/t14-/m0/s1. The molecule has 0 fully saturated rings. The van der Waals surface area contributed by atoms with E-state index in [1.54, 1.807) is 11.3 Å². The lowest BCUT2D eigenvalue weighted by molar-refractivity contribution is 0.225. The van der Waals surface area contributed by atoms with E-state index in [1.807, 2.05) is 51.2 Å². The molecule has 1 aliphatic rings. The van der Waals surface area contributed by atoms with Crippen molar-refractivity contribution in [2.24, 2.45) is 0 Å². The number of hydrogen-bond donors (Lipinski definition) is 2. The summed E-state index contributed by atoms with van der Waals surface area (Å²) in [7, 11) is 0. The summed E-state index contributed by atoms with van der Waals surface area (Å²) in [5.41, 5.74) is 0.525. The number of para-hydroxylation sites is 1. The number of nitrogens with zero attached hydrogens (tertiary/aromatic N) is 1. The van der Waals surface area contributed by atoms with Crippen molar-refractivity contribution >= 4 is 17.4 Å². The molecule has 0 unspecified atom stereocenters. The number of urea groups is 1. The first-order chi connectivity index (χ1) is 11.5. The number of aromatic nitrogens is 1. The highest BCUT2D eigenvalue weighted by Gasteiger charge is 2.28. The second-order valence-electron chi connectivity index (χ2n) is 6.58. The molecule has 0 spiro atoms. The van der Waals surface area contributed by atoms with Gasteiger partial charge in [-0.05, 0) is 39.7 Å². The largest absolute Gasteiger partial charge is 0.493 e. The van der Waals surface area contributed by atoms with E-state index in [9.17, 15) is 4.79 Å². The maximum Gasteiger partial charge on any atom is 0.316 e. The summed E-state index contributed by atoms with van der Waals surface area (Å²) in [4.78, 5) is 18.1. The molecule has 128 valence electrons. The molecule has 1 aliphatic heterocycles. The molecule has 2 amide bonds. The zero-order valence-electron chi connectivity index (χ0n) is 14.3. The SMILES string of the molecule is Cc1cnc(C(C)(C)NC(=O)N[C@H]2CCCOc3ccccc32)s1. The highest BCUT2D eigenvalue weighted by atomic mass is 32.1. The van der Waals surface area contributed by atoms with Crippen molar-refractivity contribution in [1.82, 2.24) is 15.6 Å². The predicted octanol–water partition coefficient (Wildman–Crippen LogP) is 3.90.